The van der Waals surface area contributed by atoms with E-state index in [1.807, 2.05) is 36.1 Å². The Morgan fingerprint density at radius 3 is 2.52 bits per heavy atom. The fourth-order valence-electron chi connectivity index (χ4n) is 3.51. The Morgan fingerprint density at radius 2 is 1.83 bits per heavy atom. The van der Waals surface area contributed by atoms with Gasteiger partial charge in [0.1, 0.15) is 0 Å². The summed E-state index contributed by atoms with van der Waals surface area (Å²) in [7, 11) is 0. The molecule has 3 heterocycles. The first-order valence-corrected chi connectivity index (χ1v) is 9.48. The van der Waals surface area contributed by atoms with Crippen LogP contribution in [0.1, 0.15) is 40.9 Å². The fraction of sp³-hybridized carbons (Fsp3) is 0.273. The van der Waals surface area contributed by atoms with Crippen LogP contribution in [0.3, 0.4) is 0 Å². The summed E-state index contributed by atoms with van der Waals surface area (Å²) >= 11 is 0. The van der Waals surface area contributed by atoms with Gasteiger partial charge in [-0.3, -0.25) is 4.79 Å². The second kappa shape index (κ2) is 8.89. The van der Waals surface area contributed by atoms with Crippen molar-refractivity contribution >= 4 is 40.7 Å². The third-order valence-corrected chi connectivity index (χ3v) is 5.03. The minimum atomic E-state index is -0.00850. The first-order valence-electron chi connectivity index (χ1n) is 9.48. The second-order valence-electron chi connectivity index (χ2n) is 7.04. The molecule has 1 fully saturated rings. The number of benzene rings is 1. The van der Waals surface area contributed by atoms with Crippen LogP contribution in [0.25, 0.3) is 11.0 Å². The van der Waals surface area contributed by atoms with Gasteiger partial charge in [0, 0.05) is 36.1 Å². The number of aromatic nitrogens is 2. The molecule has 3 aromatic rings. The number of halogens is 1. The van der Waals surface area contributed by atoms with E-state index in [9.17, 15) is 4.79 Å². The number of aryl methyl sites for hydroxylation is 1. The highest BCUT2D eigenvalue weighted by atomic mass is 35.5. The van der Waals surface area contributed by atoms with Crippen molar-refractivity contribution in [2.75, 3.05) is 18.4 Å². The number of rotatable bonds is 3. The van der Waals surface area contributed by atoms with Crippen molar-refractivity contribution < 1.29 is 4.79 Å². The predicted molar refractivity (Wildman–Crippen MR) is 116 cm³/mol. The smallest absolute Gasteiger partial charge is 0.257 e. The SMILES string of the molecule is Cc1ccc2c(Nc3ccc(C#N)cc3)c(C(=O)N3CCCCC3)cnc2n1.Cl. The number of nitrogens with one attached hydrogen (secondary N) is 1. The van der Waals surface area contributed by atoms with E-state index in [-0.39, 0.29) is 18.3 Å². The van der Waals surface area contributed by atoms with Gasteiger partial charge in [0.25, 0.3) is 5.91 Å². The van der Waals surface area contributed by atoms with E-state index in [2.05, 4.69) is 21.4 Å². The highest BCUT2D eigenvalue weighted by molar-refractivity contribution is 6.07. The number of pyridine rings is 2. The molecular weight excluding hydrogens is 386 g/mol. The lowest BCUT2D eigenvalue weighted by atomic mass is 10.1. The molecule has 1 aromatic carbocycles. The van der Waals surface area contributed by atoms with Crippen LogP contribution in [-0.4, -0.2) is 33.9 Å². The van der Waals surface area contributed by atoms with Crippen molar-refractivity contribution in [3.8, 4) is 6.07 Å². The Bertz CT molecular complexity index is 1070. The highest BCUT2D eigenvalue weighted by Crippen LogP contribution is 2.30. The molecule has 0 saturated carbocycles. The number of carbonyl (C=O) groups is 1. The lowest BCUT2D eigenvalue weighted by Crippen LogP contribution is -2.36. The van der Waals surface area contributed by atoms with Gasteiger partial charge in [-0.1, -0.05) is 0 Å². The van der Waals surface area contributed by atoms with Crippen molar-refractivity contribution in [2.24, 2.45) is 0 Å². The molecule has 6 nitrogen and oxygen atoms in total. The molecule has 0 bridgehead atoms. The monoisotopic (exact) mass is 407 g/mol. The lowest BCUT2D eigenvalue weighted by Gasteiger charge is -2.27. The zero-order valence-electron chi connectivity index (χ0n) is 16.2. The minimum Gasteiger partial charge on any atom is -0.354 e. The maximum absolute atomic E-state index is 13.2. The van der Waals surface area contributed by atoms with Gasteiger partial charge in [0.2, 0.25) is 0 Å². The van der Waals surface area contributed by atoms with Crippen LogP contribution in [0.4, 0.5) is 11.4 Å². The molecule has 29 heavy (non-hydrogen) atoms. The van der Waals surface area contributed by atoms with Crippen LogP contribution < -0.4 is 5.32 Å². The lowest BCUT2D eigenvalue weighted by molar-refractivity contribution is 0.0725. The van der Waals surface area contributed by atoms with Gasteiger partial charge in [-0.05, 0) is 62.6 Å². The van der Waals surface area contributed by atoms with Crippen molar-refractivity contribution in [3.05, 3.63) is 59.4 Å². The molecule has 1 aliphatic heterocycles. The summed E-state index contributed by atoms with van der Waals surface area (Å²) in [5.74, 6) is -0.00850. The largest absolute Gasteiger partial charge is 0.354 e. The Kier molecular flexibility index (Phi) is 6.30. The predicted octanol–water partition coefficient (Wildman–Crippen LogP) is 4.60. The maximum Gasteiger partial charge on any atom is 0.257 e. The number of anilines is 2. The van der Waals surface area contributed by atoms with Crippen LogP contribution >= 0.6 is 12.4 Å². The maximum atomic E-state index is 13.2. The molecule has 2 aromatic heterocycles. The number of amides is 1. The van der Waals surface area contributed by atoms with Crippen molar-refractivity contribution in [1.29, 1.82) is 5.26 Å². The van der Waals surface area contributed by atoms with E-state index >= 15 is 0 Å². The first-order chi connectivity index (χ1) is 13.7. The van der Waals surface area contributed by atoms with Gasteiger partial charge in [0.15, 0.2) is 5.65 Å². The molecule has 4 rings (SSSR count). The molecule has 148 valence electrons. The van der Waals surface area contributed by atoms with Gasteiger partial charge in [0.05, 0.1) is 22.9 Å². The molecule has 0 radical (unpaired) electrons. The normalized spacial score (nSPS) is 13.4. The van der Waals surface area contributed by atoms with E-state index in [0.717, 1.165) is 42.7 Å². The molecule has 0 unspecified atom stereocenters. The van der Waals surface area contributed by atoms with Gasteiger partial charge in [-0.2, -0.15) is 5.26 Å². The van der Waals surface area contributed by atoms with Crippen molar-refractivity contribution in [1.82, 2.24) is 14.9 Å². The average Bonchev–Trinajstić information content (AvgIpc) is 2.74. The summed E-state index contributed by atoms with van der Waals surface area (Å²) in [5.41, 5.74) is 4.12. The van der Waals surface area contributed by atoms with E-state index in [1.165, 1.54) is 6.42 Å². The number of nitrogens with zero attached hydrogens (tertiary/aromatic N) is 4. The van der Waals surface area contributed by atoms with Gasteiger partial charge in [-0.15, -0.1) is 12.4 Å². The number of nitriles is 1. The highest BCUT2D eigenvalue weighted by Gasteiger charge is 2.23. The molecule has 1 saturated heterocycles. The summed E-state index contributed by atoms with van der Waals surface area (Å²) in [6.45, 7) is 3.47. The number of hydrogen-bond acceptors (Lipinski definition) is 5. The van der Waals surface area contributed by atoms with Crippen LogP contribution in [-0.2, 0) is 0 Å². The molecule has 0 aliphatic carbocycles. The van der Waals surface area contributed by atoms with Crippen molar-refractivity contribution in [2.45, 2.75) is 26.2 Å². The average molecular weight is 408 g/mol. The second-order valence-corrected chi connectivity index (χ2v) is 7.04. The number of likely N-dealkylation sites (tertiary alicyclic amines) is 1. The van der Waals surface area contributed by atoms with E-state index in [0.29, 0.717) is 22.5 Å². The van der Waals surface area contributed by atoms with E-state index in [1.54, 1.807) is 18.3 Å². The third-order valence-electron chi connectivity index (χ3n) is 5.03. The minimum absolute atomic E-state index is 0. The summed E-state index contributed by atoms with van der Waals surface area (Å²) < 4.78 is 0. The number of fused-ring (bicyclic) bond motifs is 1. The molecule has 1 amide bonds. The molecule has 7 heteroatoms. The standard InChI is InChI=1S/C22H21N5O.ClH/c1-15-5-10-18-20(26-17-8-6-16(13-23)7-9-17)19(14-24-21(18)25-15)22(28)27-11-3-2-4-12-27;/h5-10,14H,2-4,11-12H2,1H3,(H,24,25,26);1H. The Labute approximate surface area is 176 Å². The summed E-state index contributed by atoms with van der Waals surface area (Å²) in [5, 5.41) is 13.2. The van der Waals surface area contributed by atoms with Crippen LogP contribution in [0.15, 0.2) is 42.6 Å². The van der Waals surface area contributed by atoms with Crippen LogP contribution in [0.5, 0.6) is 0 Å². The molecule has 1 N–H and O–H groups in total. The third kappa shape index (κ3) is 4.30. The quantitative estimate of drug-likeness (QED) is 0.686. The number of carbonyl (C=O) groups excluding carboxylic acids is 1. The molecule has 0 spiro atoms. The Balaban J connectivity index is 0.00000240. The van der Waals surface area contributed by atoms with Gasteiger partial charge < -0.3 is 10.2 Å². The van der Waals surface area contributed by atoms with Gasteiger partial charge in [-0.25, -0.2) is 9.97 Å². The van der Waals surface area contributed by atoms with Crippen LogP contribution in [0, 0.1) is 18.3 Å². The van der Waals surface area contributed by atoms with Crippen molar-refractivity contribution in [3.63, 3.8) is 0 Å². The zero-order chi connectivity index (χ0) is 19.5. The first kappa shape index (κ1) is 20.6. The fourth-order valence-corrected chi connectivity index (χ4v) is 3.51. The summed E-state index contributed by atoms with van der Waals surface area (Å²) in [6, 6.07) is 13.2. The topological polar surface area (TPSA) is 81.9 Å². The molecule has 1 aliphatic rings. The molecule has 0 atom stereocenters. The number of hydrogen-bond donors (Lipinski definition) is 1. The summed E-state index contributed by atoms with van der Waals surface area (Å²) in [6.07, 6.45) is 4.86. The van der Waals surface area contributed by atoms with Gasteiger partial charge >= 0.3 is 0 Å². The Morgan fingerprint density at radius 1 is 1.10 bits per heavy atom. The van der Waals surface area contributed by atoms with Crippen LogP contribution in [0.2, 0.25) is 0 Å². The zero-order valence-corrected chi connectivity index (χ0v) is 17.0. The van der Waals surface area contributed by atoms with E-state index < -0.39 is 0 Å². The Hall–Kier alpha value is -3.17. The van der Waals surface area contributed by atoms with E-state index in [4.69, 9.17) is 5.26 Å². The summed E-state index contributed by atoms with van der Waals surface area (Å²) in [4.78, 5) is 24.1. The molecular formula is C22H22ClN5O. The number of piperidine rings is 1.